The Morgan fingerprint density at radius 1 is 1.16 bits per heavy atom. The van der Waals surface area contributed by atoms with Gasteiger partial charge < -0.3 is 14.4 Å². The normalized spacial score (nSPS) is 16.4. The van der Waals surface area contributed by atoms with Crippen molar-refractivity contribution in [1.29, 1.82) is 0 Å². The highest BCUT2D eigenvalue weighted by Gasteiger charge is 2.34. The number of benzene rings is 2. The Morgan fingerprint density at radius 2 is 1.87 bits per heavy atom. The number of ether oxygens (including phenoxy) is 2. The minimum absolute atomic E-state index is 0. The highest BCUT2D eigenvalue weighted by Crippen LogP contribution is 2.27. The van der Waals surface area contributed by atoms with Crippen LogP contribution in [-0.4, -0.2) is 38.6 Å². The monoisotopic (exact) mass is 461 g/mol. The van der Waals surface area contributed by atoms with Gasteiger partial charge in [0.2, 0.25) is 0 Å². The molecule has 1 saturated heterocycles. The summed E-state index contributed by atoms with van der Waals surface area (Å²) >= 11 is 1.20. The van der Waals surface area contributed by atoms with Gasteiger partial charge in [0.05, 0.1) is 11.5 Å². The second-order valence-corrected chi connectivity index (χ2v) is 9.30. The van der Waals surface area contributed by atoms with Gasteiger partial charge in [-0.3, -0.25) is 9.52 Å². The van der Waals surface area contributed by atoms with E-state index in [-0.39, 0.29) is 12.2 Å². The van der Waals surface area contributed by atoms with Crippen molar-refractivity contribution in [1.82, 2.24) is 4.98 Å². The zero-order valence-electron chi connectivity index (χ0n) is 16.7. The minimum Gasteiger partial charge on any atom is -0.494 e. The Labute approximate surface area is 186 Å². The van der Waals surface area contributed by atoms with Gasteiger partial charge in [-0.25, -0.2) is 13.4 Å². The molecule has 1 unspecified atom stereocenters. The van der Waals surface area contributed by atoms with Crippen molar-refractivity contribution in [3.8, 4) is 11.5 Å². The first kappa shape index (κ1) is 21.1. The average Bonchev–Trinajstić information content (AvgIpc) is 3.39. The van der Waals surface area contributed by atoms with Crippen LogP contribution in [0.5, 0.6) is 11.5 Å². The van der Waals surface area contributed by atoms with Crippen LogP contribution >= 0.6 is 11.3 Å². The zero-order chi connectivity index (χ0) is 21.8. The molecule has 0 radical (unpaired) electrons. The molecule has 1 aliphatic heterocycles. The summed E-state index contributed by atoms with van der Waals surface area (Å²) in [5.41, 5.74) is 0.621. The summed E-state index contributed by atoms with van der Waals surface area (Å²) < 4.78 is 38.6. The van der Waals surface area contributed by atoms with E-state index >= 15 is 0 Å². The number of aromatic nitrogens is 1. The molecule has 0 aliphatic carbocycles. The van der Waals surface area contributed by atoms with Crippen molar-refractivity contribution in [3.05, 3.63) is 60.1 Å². The molecule has 1 N–H and O–H groups in total. The van der Waals surface area contributed by atoms with Crippen LogP contribution in [-0.2, 0) is 14.8 Å². The zero-order valence-corrected chi connectivity index (χ0v) is 18.4. The maximum absolute atomic E-state index is 12.8. The molecule has 4 rings (SSSR count). The molecule has 0 spiro atoms. The van der Waals surface area contributed by atoms with Gasteiger partial charge in [0.1, 0.15) is 11.5 Å². The first-order valence-corrected chi connectivity index (χ1v) is 12.1. The second kappa shape index (κ2) is 8.94. The number of sulfonamides is 1. The molecule has 10 heteroatoms. The molecule has 1 atom stereocenters. The van der Waals surface area contributed by atoms with Crippen LogP contribution in [0, 0.1) is 0 Å². The lowest BCUT2D eigenvalue weighted by molar-refractivity contribution is -0.122. The van der Waals surface area contributed by atoms with E-state index in [2.05, 4.69) is 9.71 Å². The first-order chi connectivity index (χ1) is 15.0. The van der Waals surface area contributed by atoms with E-state index < -0.39 is 16.1 Å². The van der Waals surface area contributed by atoms with Crippen LogP contribution in [0.4, 0.5) is 10.8 Å². The van der Waals surface area contributed by atoms with E-state index in [1.54, 1.807) is 46.7 Å². The van der Waals surface area contributed by atoms with E-state index in [9.17, 15) is 13.2 Å². The van der Waals surface area contributed by atoms with E-state index in [0.29, 0.717) is 36.1 Å². The Bertz CT molecular complexity index is 1140. The van der Waals surface area contributed by atoms with Crippen molar-refractivity contribution in [2.24, 2.45) is 0 Å². The molecule has 1 aliphatic rings. The molecule has 1 aromatic heterocycles. The van der Waals surface area contributed by atoms with Gasteiger partial charge in [0, 0.05) is 31.7 Å². The third-order valence-corrected chi connectivity index (χ3v) is 6.85. The predicted octanol–water partition coefficient (Wildman–Crippen LogP) is 3.77. The number of carbonyl (C=O) groups is 1. The van der Waals surface area contributed by atoms with Gasteiger partial charge >= 0.3 is 0 Å². The number of hydrogen-bond donors (Lipinski definition) is 1. The highest BCUT2D eigenvalue weighted by atomic mass is 32.2. The largest absolute Gasteiger partial charge is 0.494 e. The number of amides is 1. The van der Waals surface area contributed by atoms with Crippen molar-refractivity contribution in [3.63, 3.8) is 0 Å². The topological polar surface area (TPSA) is 97.8 Å². The third kappa shape index (κ3) is 4.80. The first-order valence-electron chi connectivity index (χ1n) is 9.69. The van der Waals surface area contributed by atoms with Crippen LogP contribution in [0.25, 0.3) is 0 Å². The molecule has 8 nitrogen and oxygen atoms in total. The molecule has 3 aromatic rings. The summed E-state index contributed by atoms with van der Waals surface area (Å²) in [4.78, 5) is 18.4. The number of carbonyl (C=O) groups excluding carboxylic acids is 1. The molecule has 1 amide bonds. The predicted molar refractivity (Wildman–Crippen MR) is 120 cm³/mol. The maximum atomic E-state index is 12.8. The smallest absolute Gasteiger partial charge is 0.268 e. The Hall–Kier alpha value is -3.11. The number of nitrogens with one attached hydrogen (secondary N) is 1. The molecular weight excluding hydrogens is 438 g/mol. The Kier molecular flexibility index (Phi) is 6.10. The third-order valence-electron chi connectivity index (χ3n) is 4.68. The standard InChI is InChI=1S/C21H21N3O5S2.H2/c1-2-28-16-5-7-17(8-6-16)29-19-11-13-24(20(19)25)15-3-9-18(10-4-15)31(26,27)23-21-22-12-14-30-21;/h3-10,12,14,19H,2,11,13H2,1H3,(H,22,23);1H. The van der Waals surface area contributed by atoms with Gasteiger partial charge in [-0.15, -0.1) is 11.3 Å². The molecule has 2 heterocycles. The van der Waals surface area contributed by atoms with Crippen molar-refractivity contribution < 1.29 is 24.1 Å². The van der Waals surface area contributed by atoms with Crippen LogP contribution < -0.4 is 19.1 Å². The molecule has 31 heavy (non-hydrogen) atoms. The van der Waals surface area contributed by atoms with Crippen LogP contribution in [0.3, 0.4) is 0 Å². The fourth-order valence-electron chi connectivity index (χ4n) is 3.22. The lowest BCUT2D eigenvalue weighted by Gasteiger charge is -2.18. The molecule has 164 valence electrons. The van der Waals surface area contributed by atoms with Crippen LogP contribution in [0.15, 0.2) is 65.0 Å². The highest BCUT2D eigenvalue weighted by molar-refractivity contribution is 7.93. The fraction of sp³-hybridized carbons (Fsp3) is 0.238. The van der Waals surface area contributed by atoms with Crippen molar-refractivity contribution in [2.45, 2.75) is 24.3 Å². The Morgan fingerprint density at radius 3 is 2.52 bits per heavy atom. The molecule has 0 saturated carbocycles. The minimum atomic E-state index is -3.74. The van der Waals surface area contributed by atoms with E-state index in [0.717, 1.165) is 5.75 Å². The van der Waals surface area contributed by atoms with Gasteiger partial charge in [-0.1, -0.05) is 0 Å². The maximum Gasteiger partial charge on any atom is 0.268 e. The van der Waals surface area contributed by atoms with Gasteiger partial charge in [-0.05, 0) is 55.5 Å². The number of thiazole rings is 1. The van der Waals surface area contributed by atoms with E-state index in [1.807, 2.05) is 6.92 Å². The lowest BCUT2D eigenvalue weighted by atomic mass is 10.3. The number of rotatable bonds is 8. The average molecular weight is 462 g/mol. The molecule has 0 bridgehead atoms. The van der Waals surface area contributed by atoms with E-state index in [4.69, 9.17) is 9.47 Å². The number of anilines is 2. The second-order valence-electron chi connectivity index (χ2n) is 6.73. The summed E-state index contributed by atoms with van der Waals surface area (Å²) in [7, 11) is -3.74. The molecule has 1 fully saturated rings. The van der Waals surface area contributed by atoms with Gasteiger partial charge in [0.25, 0.3) is 15.9 Å². The van der Waals surface area contributed by atoms with Crippen LogP contribution in [0.1, 0.15) is 14.8 Å². The summed E-state index contributed by atoms with van der Waals surface area (Å²) in [6.45, 7) is 2.98. The quantitative estimate of drug-likeness (QED) is 0.548. The summed E-state index contributed by atoms with van der Waals surface area (Å²) in [5.74, 6) is 1.18. The fourth-order valence-corrected chi connectivity index (χ4v) is 5.01. The summed E-state index contributed by atoms with van der Waals surface area (Å²) in [6.07, 6.45) is 1.47. The van der Waals surface area contributed by atoms with Gasteiger partial charge in [0.15, 0.2) is 11.2 Å². The Balaban J connectivity index is 0.00000289. The lowest BCUT2D eigenvalue weighted by Crippen LogP contribution is -2.32. The SMILES string of the molecule is CCOc1ccc(OC2CCN(c3ccc(S(=O)(=O)Nc4nccs4)cc3)C2=O)cc1.[HH]. The number of hydrogen-bond acceptors (Lipinski definition) is 7. The number of nitrogens with zero attached hydrogens (tertiary/aromatic N) is 2. The summed E-state index contributed by atoms with van der Waals surface area (Å²) in [5, 5.41) is 1.99. The van der Waals surface area contributed by atoms with Crippen molar-refractivity contribution >= 4 is 38.1 Å². The summed E-state index contributed by atoms with van der Waals surface area (Å²) in [6, 6.07) is 13.3. The molecular formula is C21H23N3O5S2. The van der Waals surface area contributed by atoms with E-state index in [1.165, 1.54) is 29.7 Å². The van der Waals surface area contributed by atoms with Crippen molar-refractivity contribution in [2.75, 3.05) is 22.8 Å². The van der Waals surface area contributed by atoms with Crippen LogP contribution in [0.2, 0.25) is 0 Å². The van der Waals surface area contributed by atoms with Gasteiger partial charge in [-0.2, -0.15) is 0 Å². The molecule has 2 aromatic carbocycles.